The largest absolute Gasteiger partial charge is 0.333 e. The van der Waals surface area contributed by atoms with E-state index in [-0.39, 0.29) is 24.9 Å². The minimum Gasteiger partial charge on any atom is -0.333 e. The quantitative estimate of drug-likeness (QED) is 0.652. The second-order valence-electron chi connectivity index (χ2n) is 6.05. The molecule has 0 aromatic heterocycles. The molecule has 0 bridgehead atoms. The number of hydrogen-bond donors (Lipinski definition) is 0. The van der Waals surface area contributed by atoms with Crippen molar-refractivity contribution >= 4 is 34.2 Å². The second kappa shape index (κ2) is 6.90. The topological polar surface area (TPSA) is 64.2 Å². The van der Waals surface area contributed by atoms with Crippen molar-refractivity contribution < 1.29 is 14.4 Å². The second-order valence-corrected chi connectivity index (χ2v) is 6.97. The highest BCUT2D eigenvalue weighted by Gasteiger charge is 2.43. The van der Waals surface area contributed by atoms with Crippen LogP contribution < -0.4 is 0 Å². The summed E-state index contributed by atoms with van der Waals surface area (Å²) >= 11 is 3.44. The van der Waals surface area contributed by atoms with Crippen molar-refractivity contribution in [2.45, 2.75) is 12.6 Å². The molecule has 3 amide bonds. The zero-order chi connectivity index (χ0) is 17.3. The van der Waals surface area contributed by atoms with E-state index in [1.54, 1.807) is 17.0 Å². The Labute approximate surface area is 148 Å². The summed E-state index contributed by atoms with van der Waals surface area (Å²) in [5.74, 6) is -0.218. The summed E-state index contributed by atoms with van der Waals surface area (Å²) in [5.41, 5.74) is 1.11. The summed E-state index contributed by atoms with van der Waals surface area (Å²) in [7, 11) is 1.70. The Kier molecular flexibility index (Phi) is 4.86. The number of nitrogens with zero attached hydrogens (tertiary/aromatic N) is 4. The van der Waals surface area contributed by atoms with Crippen molar-refractivity contribution in [2.75, 3.05) is 33.2 Å². The standard InChI is InChI=1S/C16H19BrN4O3/c1-18-9-16(24)20-10-15(23)19(8-14(20)21(18)11-22)7-12-3-2-4-13(17)6-5-12/h2-4,6,11,14H,5,7-10H2,1H3. The summed E-state index contributed by atoms with van der Waals surface area (Å²) in [6.45, 7) is 0.941. The molecule has 0 aromatic rings. The third-order valence-corrected chi connectivity index (χ3v) is 5.02. The van der Waals surface area contributed by atoms with E-state index in [0.717, 1.165) is 16.5 Å². The van der Waals surface area contributed by atoms with Crippen molar-refractivity contribution in [3.63, 3.8) is 0 Å². The van der Waals surface area contributed by atoms with E-state index in [1.807, 2.05) is 24.3 Å². The van der Waals surface area contributed by atoms with Crippen LogP contribution in [0.4, 0.5) is 0 Å². The number of fused-ring (bicyclic) bond motifs is 1. The van der Waals surface area contributed by atoms with E-state index >= 15 is 0 Å². The molecule has 128 valence electrons. The normalized spacial score (nSPS) is 25.2. The molecule has 1 aliphatic carbocycles. The van der Waals surface area contributed by atoms with Crippen LogP contribution in [0.5, 0.6) is 0 Å². The highest BCUT2D eigenvalue weighted by atomic mass is 79.9. The molecular formula is C16H19BrN4O3. The van der Waals surface area contributed by atoms with Gasteiger partial charge in [-0.3, -0.25) is 19.4 Å². The van der Waals surface area contributed by atoms with E-state index in [9.17, 15) is 14.4 Å². The average Bonchev–Trinajstić information content (AvgIpc) is 2.74. The van der Waals surface area contributed by atoms with Crippen LogP contribution in [0.1, 0.15) is 6.42 Å². The lowest BCUT2D eigenvalue weighted by Gasteiger charge is -2.50. The zero-order valence-corrected chi connectivity index (χ0v) is 15.0. The minimum atomic E-state index is -0.435. The van der Waals surface area contributed by atoms with Gasteiger partial charge in [-0.1, -0.05) is 34.2 Å². The molecule has 0 radical (unpaired) electrons. The Morgan fingerprint density at radius 2 is 2.08 bits per heavy atom. The van der Waals surface area contributed by atoms with Crippen LogP contribution in [0.3, 0.4) is 0 Å². The molecular weight excluding hydrogens is 376 g/mol. The predicted octanol–water partition coefficient (Wildman–Crippen LogP) is 0.467. The third kappa shape index (κ3) is 3.29. The van der Waals surface area contributed by atoms with Gasteiger partial charge >= 0.3 is 0 Å². The van der Waals surface area contributed by atoms with Crippen molar-refractivity contribution in [3.05, 3.63) is 34.4 Å². The number of carbonyl (C=O) groups excluding carboxylic acids is 3. The van der Waals surface area contributed by atoms with Crippen molar-refractivity contribution in [1.82, 2.24) is 19.8 Å². The van der Waals surface area contributed by atoms with Gasteiger partial charge < -0.3 is 9.80 Å². The Hall–Kier alpha value is -1.93. The summed E-state index contributed by atoms with van der Waals surface area (Å²) in [4.78, 5) is 39.2. The number of carbonyl (C=O) groups is 3. The molecule has 0 N–H and O–H groups in total. The fourth-order valence-electron chi connectivity index (χ4n) is 3.13. The van der Waals surface area contributed by atoms with Gasteiger partial charge in [-0.2, -0.15) is 0 Å². The van der Waals surface area contributed by atoms with Crippen LogP contribution in [0, 0.1) is 0 Å². The minimum absolute atomic E-state index is 0.0182. The van der Waals surface area contributed by atoms with Crippen molar-refractivity contribution in [3.8, 4) is 0 Å². The number of rotatable bonds is 3. The maximum Gasteiger partial charge on any atom is 0.242 e. The molecule has 0 saturated carbocycles. The summed E-state index contributed by atoms with van der Waals surface area (Å²) in [6.07, 6.45) is 8.98. The number of piperazine rings is 1. The first kappa shape index (κ1) is 16.9. The first-order valence-electron chi connectivity index (χ1n) is 7.73. The molecule has 7 nitrogen and oxygen atoms in total. The van der Waals surface area contributed by atoms with Crippen LogP contribution in [0.2, 0.25) is 0 Å². The lowest BCUT2D eigenvalue weighted by molar-refractivity contribution is -0.188. The van der Waals surface area contributed by atoms with E-state index < -0.39 is 6.17 Å². The molecule has 2 fully saturated rings. The van der Waals surface area contributed by atoms with Gasteiger partial charge in [-0.15, -0.1) is 0 Å². The fourth-order valence-corrected chi connectivity index (χ4v) is 3.45. The Morgan fingerprint density at radius 3 is 2.83 bits per heavy atom. The lowest BCUT2D eigenvalue weighted by atomic mass is 10.1. The van der Waals surface area contributed by atoms with Gasteiger partial charge in [0.25, 0.3) is 0 Å². The molecule has 2 saturated heterocycles. The Balaban J connectivity index is 1.75. The number of hydrazine groups is 1. The maximum atomic E-state index is 12.4. The van der Waals surface area contributed by atoms with Crippen molar-refractivity contribution in [1.29, 1.82) is 0 Å². The van der Waals surface area contributed by atoms with Gasteiger partial charge in [0, 0.05) is 18.1 Å². The molecule has 1 unspecified atom stereocenters. The van der Waals surface area contributed by atoms with Crippen LogP contribution in [0.25, 0.3) is 0 Å². The first-order valence-corrected chi connectivity index (χ1v) is 8.52. The molecule has 3 aliphatic rings. The molecule has 0 aromatic carbocycles. The summed E-state index contributed by atoms with van der Waals surface area (Å²) < 4.78 is 1.01. The van der Waals surface area contributed by atoms with Gasteiger partial charge in [0.2, 0.25) is 18.2 Å². The average molecular weight is 395 g/mol. The SMILES string of the molecule is CN1CC(=O)N2CC(=O)N(CC3=CC=CC(Br)=CC3)CC2N1C=O. The molecule has 1 atom stereocenters. The van der Waals surface area contributed by atoms with Crippen LogP contribution in [-0.4, -0.2) is 77.4 Å². The highest BCUT2D eigenvalue weighted by Crippen LogP contribution is 2.22. The van der Waals surface area contributed by atoms with E-state index in [1.165, 1.54) is 9.91 Å². The monoisotopic (exact) mass is 394 g/mol. The number of amides is 3. The van der Waals surface area contributed by atoms with E-state index in [0.29, 0.717) is 19.5 Å². The number of halogens is 1. The van der Waals surface area contributed by atoms with Gasteiger partial charge in [0.1, 0.15) is 12.7 Å². The highest BCUT2D eigenvalue weighted by molar-refractivity contribution is 9.11. The molecule has 0 spiro atoms. The van der Waals surface area contributed by atoms with Gasteiger partial charge in [0.15, 0.2) is 0 Å². The van der Waals surface area contributed by atoms with Gasteiger partial charge in [-0.05, 0) is 18.1 Å². The summed E-state index contributed by atoms with van der Waals surface area (Å²) in [5, 5.41) is 3.08. The van der Waals surface area contributed by atoms with Crippen LogP contribution >= 0.6 is 15.9 Å². The molecule has 2 heterocycles. The van der Waals surface area contributed by atoms with Gasteiger partial charge in [-0.25, -0.2) is 5.01 Å². The van der Waals surface area contributed by atoms with Crippen LogP contribution in [0.15, 0.2) is 34.4 Å². The number of likely N-dealkylation sites (N-methyl/N-ethyl adjacent to an activating group) is 1. The van der Waals surface area contributed by atoms with Gasteiger partial charge in [0.05, 0.1) is 13.1 Å². The number of allylic oxidation sites excluding steroid dienone is 5. The smallest absolute Gasteiger partial charge is 0.242 e. The van der Waals surface area contributed by atoms with E-state index in [2.05, 4.69) is 15.9 Å². The lowest BCUT2D eigenvalue weighted by Crippen LogP contribution is -2.71. The molecule has 3 rings (SSSR count). The maximum absolute atomic E-state index is 12.4. The van der Waals surface area contributed by atoms with Crippen LogP contribution in [-0.2, 0) is 14.4 Å². The fraction of sp³-hybridized carbons (Fsp3) is 0.438. The number of hydrogen-bond acceptors (Lipinski definition) is 4. The van der Waals surface area contributed by atoms with E-state index in [4.69, 9.17) is 0 Å². The molecule has 2 aliphatic heterocycles. The first-order chi connectivity index (χ1) is 11.5. The molecule has 8 heteroatoms. The molecule has 24 heavy (non-hydrogen) atoms. The predicted molar refractivity (Wildman–Crippen MR) is 91.5 cm³/mol. The summed E-state index contributed by atoms with van der Waals surface area (Å²) in [6, 6.07) is 0. The Morgan fingerprint density at radius 1 is 1.29 bits per heavy atom. The zero-order valence-electron chi connectivity index (χ0n) is 13.4. The third-order valence-electron chi connectivity index (χ3n) is 4.43. The Bertz CT molecular complexity index is 655. The van der Waals surface area contributed by atoms with Crippen molar-refractivity contribution in [2.24, 2.45) is 0 Å².